The lowest BCUT2D eigenvalue weighted by atomic mass is 10.1. The minimum Gasteiger partial charge on any atom is -0.200 e. The molecule has 37 heavy (non-hydrogen) atoms. The van der Waals surface area contributed by atoms with Crippen molar-refractivity contribution < 1.29 is 25.2 Å². The van der Waals surface area contributed by atoms with Gasteiger partial charge in [0.15, 0.2) is 0 Å². The van der Waals surface area contributed by atoms with Gasteiger partial charge in [-0.2, -0.15) is 25.2 Å². The lowest BCUT2D eigenvalue weighted by Gasteiger charge is -2.39. The first-order valence-electron chi connectivity index (χ1n) is 12.6. The van der Waals surface area contributed by atoms with E-state index in [1.165, 1.54) is 25.7 Å². The molecule has 8 heteroatoms. The predicted molar refractivity (Wildman–Crippen MR) is 144 cm³/mol. The number of rotatable bonds is 12. The van der Waals surface area contributed by atoms with E-state index in [-0.39, 0.29) is 0 Å². The Balaban J connectivity index is 2.09. The summed E-state index contributed by atoms with van der Waals surface area (Å²) in [5.41, 5.74) is -2.71. The van der Waals surface area contributed by atoms with Crippen LogP contribution < -0.4 is 0 Å². The topological polar surface area (TPSA) is 43.4 Å². The van der Waals surface area contributed by atoms with Crippen LogP contribution in [0.4, 0.5) is 13.2 Å². The molecule has 0 saturated heterocycles. The molecule has 0 saturated carbocycles. The third-order valence-electron chi connectivity index (χ3n) is 6.26. The zero-order valence-electron chi connectivity index (χ0n) is 21.6. The molecule has 3 rings (SSSR count). The molecule has 0 aliphatic carbocycles. The quantitative estimate of drug-likeness (QED) is 0.166. The summed E-state index contributed by atoms with van der Waals surface area (Å²) in [6, 6.07) is 20.8. The van der Waals surface area contributed by atoms with E-state index >= 15 is 0 Å². The maximum Gasteiger partial charge on any atom is 0.524 e. The number of alkyl halides is 3. The van der Waals surface area contributed by atoms with Crippen LogP contribution in [0.25, 0.3) is 0 Å². The lowest BCUT2D eigenvalue weighted by Crippen LogP contribution is -2.27. The Hall–Kier alpha value is -2.29. The average molecular weight is 553 g/mol. The van der Waals surface area contributed by atoms with Crippen LogP contribution in [0.1, 0.15) is 62.1 Å². The van der Waals surface area contributed by atoms with Crippen molar-refractivity contribution in [3.63, 3.8) is 0 Å². The van der Waals surface area contributed by atoms with Crippen molar-refractivity contribution in [1.82, 2.24) is 0 Å². The summed E-state index contributed by atoms with van der Waals surface area (Å²) in [5.74, 6) is 0. The van der Waals surface area contributed by atoms with E-state index in [9.17, 15) is 21.6 Å². The fraction of sp³-hybridized carbons (Fsp3) is 0.379. The van der Waals surface area contributed by atoms with Gasteiger partial charge in [0.25, 0.3) is 0 Å². The predicted octanol–water partition coefficient (Wildman–Crippen LogP) is 9.27. The maximum absolute atomic E-state index is 13.7. The maximum atomic E-state index is 13.7. The monoisotopic (exact) mass is 552 g/mol. The molecule has 0 bridgehead atoms. The zero-order valence-corrected chi connectivity index (χ0v) is 23.2. The van der Waals surface area contributed by atoms with Crippen molar-refractivity contribution in [3.05, 3.63) is 89.5 Å². The minimum atomic E-state index is -5.92. The molecular formula is C29H35F3O3S2. The molecular weight excluding hydrogens is 517 g/mol. The van der Waals surface area contributed by atoms with E-state index in [0.29, 0.717) is 14.7 Å². The van der Waals surface area contributed by atoms with E-state index in [1.807, 2.05) is 26.0 Å². The molecule has 0 heterocycles. The molecule has 0 aromatic heterocycles. The van der Waals surface area contributed by atoms with Crippen molar-refractivity contribution in [2.75, 3.05) is 0 Å². The van der Waals surface area contributed by atoms with Crippen LogP contribution in [0.15, 0.2) is 87.5 Å². The zero-order chi connectivity index (χ0) is 27.1. The summed E-state index contributed by atoms with van der Waals surface area (Å²) < 4.78 is 71.3. The molecule has 0 aliphatic heterocycles. The van der Waals surface area contributed by atoms with Crippen LogP contribution in [-0.4, -0.2) is 13.9 Å². The summed E-state index contributed by atoms with van der Waals surface area (Å²) in [5, 5.41) is 0. The Morgan fingerprint density at radius 1 is 0.649 bits per heavy atom. The van der Waals surface area contributed by atoms with Gasteiger partial charge in [-0.15, -0.1) is 0 Å². The van der Waals surface area contributed by atoms with E-state index in [0.717, 1.165) is 36.0 Å². The first-order chi connectivity index (χ1) is 17.5. The molecule has 3 aromatic rings. The second kappa shape index (κ2) is 12.5. The number of halogens is 3. The molecule has 0 N–H and O–H groups in total. The standard InChI is InChI=1S/C29H35F3O3S2/c1-4-5-6-7-8-9-10-25-15-21-28(22-16-25)36(26-17-11-23(2)12-18-26,27-19-13-24(3)14-20-27)35-37(33,34)29(30,31)32/h11-22H,4-10H2,1-3H3. The van der Waals surface area contributed by atoms with Gasteiger partial charge in [0.05, 0.1) is 0 Å². The molecule has 0 spiro atoms. The second-order valence-corrected chi connectivity index (χ2v) is 13.8. The molecule has 3 nitrogen and oxygen atoms in total. The normalized spacial score (nSPS) is 13.0. The van der Waals surface area contributed by atoms with Crippen molar-refractivity contribution in [2.45, 2.75) is 85.9 Å². The van der Waals surface area contributed by atoms with E-state index in [2.05, 4.69) is 6.92 Å². The summed E-state index contributed by atoms with van der Waals surface area (Å²) >= 11 is 0. The third kappa shape index (κ3) is 7.18. The molecule has 3 aromatic carbocycles. The highest BCUT2D eigenvalue weighted by Crippen LogP contribution is 2.70. The van der Waals surface area contributed by atoms with E-state index in [4.69, 9.17) is 3.63 Å². The molecule has 0 amide bonds. The van der Waals surface area contributed by atoms with Crippen LogP contribution in [0.3, 0.4) is 0 Å². The van der Waals surface area contributed by atoms with Gasteiger partial charge < -0.3 is 0 Å². The van der Waals surface area contributed by atoms with Gasteiger partial charge in [0.1, 0.15) is 0 Å². The summed E-state index contributed by atoms with van der Waals surface area (Å²) in [6.07, 6.45) is 7.83. The highest BCUT2D eigenvalue weighted by Gasteiger charge is 2.52. The van der Waals surface area contributed by atoms with Gasteiger partial charge in [-0.3, -0.25) is 0 Å². The lowest BCUT2D eigenvalue weighted by molar-refractivity contribution is -0.0496. The number of aryl methyl sites for hydroxylation is 3. The Labute approximate surface area is 220 Å². The molecule has 0 atom stereocenters. The van der Waals surface area contributed by atoms with Crippen molar-refractivity contribution in [3.8, 4) is 0 Å². The van der Waals surface area contributed by atoms with Crippen molar-refractivity contribution in [2.24, 2.45) is 0 Å². The SMILES string of the molecule is CCCCCCCCc1ccc(S(OS(=O)(=O)C(F)(F)F)(c2ccc(C)cc2)c2ccc(C)cc2)cc1. The van der Waals surface area contributed by atoms with Crippen molar-refractivity contribution in [1.29, 1.82) is 0 Å². The van der Waals surface area contributed by atoms with Gasteiger partial charge in [0.2, 0.25) is 0 Å². The van der Waals surface area contributed by atoms with Gasteiger partial charge in [-0.25, -0.2) is 0 Å². The number of hydrogen-bond donors (Lipinski definition) is 0. The van der Waals surface area contributed by atoms with E-state index < -0.39 is 25.9 Å². The minimum absolute atomic E-state index is 0.374. The van der Waals surface area contributed by atoms with Gasteiger partial charge in [0, 0.05) is 14.7 Å². The van der Waals surface area contributed by atoms with Crippen LogP contribution >= 0.6 is 10.3 Å². The number of unbranched alkanes of at least 4 members (excludes halogenated alkanes) is 5. The fourth-order valence-corrected chi connectivity index (χ4v) is 8.82. The molecule has 0 aliphatic rings. The molecule has 0 unspecified atom stereocenters. The van der Waals surface area contributed by atoms with Crippen LogP contribution in [-0.2, 0) is 20.2 Å². The Morgan fingerprint density at radius 3 is 1.49 bits per heavy atom. The summed E-state index contributed by atoms with van der Waals surface area (Å²) in [7, 11) is -9.19. The van der Waals surface area contributed by atoms with E-state index in [1.54, 1.807) is 60.7 Å². The molecule has 0 radical (unpaired) electrons. The highest BCUT2D eigenvalue weighted by atomic mass is 32.3. The summed E-state index contributed by atoms with van der Waals surface area (Å²) in [6.45, 7) is 5.90. The number of benzene rings is 3. The first-order valence-corrected chi connectivity index (χ1v) is 15.5. The highest BCUT2D eigenvalue weighted by molar-refractivity contribution is 8.33. The van der Waals surface area contributed by atoms with Crippen LogP contribution in [0.5, 0.6) is 0 Å². The smallest absolute Gasteiger partial charge is 0.200 e. The van der Waals surface area contributed by atoms with Gasteiger partial charge in [-0.1, -0.05) is 86.6 Å². The van der Waals surface area contributed by atoms with Crippen LogP contribution in [0.2, 0.25) is 0 Å². The van der Waals surface area contributed by atoms with Gasteiger partial charge >= 0.3 is 15.6 Å². The second-order valence-electron chi connectivity index (χ2n) is 9.31. The largest absolute Gasteiger partial charge is 0.524 e. The first kappa shape index (κ1) is 29.3. The fourth-order valence-electron chi connectivity index (χ4n) is 4.12. The average Bonchev–Trinajstić information content (AvgIpc) is 2.85. The van der Waals surface area contributed by atoms with Crippen molar-refractivity contribution >= 4 is 20.4 Å². The Bertz CT molecular complexity index is 1190. The molecule has 202 valence electrons. The Morgan fingerprint density at radius 2 is 1.05 bits per heavy atom. The van der Waals surface area contributed by atoms with Crippen LogP contribution in [0, 0.1) is 13.8 Å². The van der Waals surface area contributed by atoms with Gasteiger partial charge in [-0.05, 0) is 79.0 Å². The number of hydrogen-bond acceptors (Lipinski definition) is 3. The summed E-state index contributed by atoms with van der Waals surface area (Å²) in [4.78, 5) is 1.14. The molecule has 0 fully saturated rings. The third-order valence-corrected chi connectivity index (χ3v) is 11.2. The Kier molecular flexibility index (Phi) is 9.89.